The number of aromatic nitrogens is 2. The molecular weight excluding hydrogens is 342 g/mol. The SMILES string of the molecule is CCOC(=O)c1ccc(Nc2ccnc(Nc3cccc(C#N)c3)n2)cc1. The Kier molecular flexibility index (Phi) is 5.60. The summed E-state index contributed by atoms with van der Waals surface area (Å²) in [7, 11) is 0. The van der Waals surface area contributed by atoms with E-state index in [1.807, 2.05) is 6.07 Å². The Bertz CT molecular complexity index is 980. The maximum absolute atomic E-state index is 11.7. The van der Waals surface area contributed by atoms with E-state index in [-0.39, 0.29) is 5.97 Å². The molecule has 2 N–H and O–H groups in total. The number of benzene rings is 2. The molecule has 0 fully saturated rings. The first kappa shape index (κ1) is 17.9. The molecule has 0 saturated heterocycles. The van der Waals surface area contributed by atoms with E-state index < -0.39 is 0 Å². The molecule has 1 aromatic heterocycles. The van der Waals surface area contributed by atoms with Gasteiger partial charge >= 0.3 is 5.97 Å². The third-order valence-corrected chi connectivity index (χ3v) is 3.57. The van der Waals surface area contributed by atoms with Crippen LogP contribution in [0.4, 0.5) is 23.1 Å². The van der Waals surface area contributed by atoms with Gasteiger partial charge in [0.05, 0.1) is 23.8 Å². The monoisotopic (exact) mass is 359 g/mol. The first-order valence-corrected chi connectivity index (χ1v) is 8.32. The zero-order valence-corrected chi connectivity index (χ0v) is 14.6. The normalized spacial score (nSPS) is 9.93. The molecule has 0 aliphatic heterocycles. The second kappa shape index (κ2) is 8.45. The number of nitrogens with zero attached hydrogens (tertiary/aromatic N) is 3. The number of esters is 1. The highest BCUT2D eigenvalue weighted by Gasteiger charge is 2.06. The summed E-state index contributed by atoms with van der Waals surface area (Å²) in [6.07, 6.45) is 1.62. The van der Waals surface area contributed by atoms with E-state index in [1.165, 1.54) is 0 Å². The Morgan fingerprint density at radius 2 is 1.93 bits per heavy atom. The summed E-state index contributed by atoms with van der Waals surface area (Å²) in [6.45, 7) is 2.11. The Labute approximate surface area is 156 Å². The van der Waals surface area contributed by atoms with E-state index in [0.29, 0.717) is 29.5 Å². The van der Waals surface area contributed by atoms with Gasteiger partial charge in [-0.1, -0.05) is 6.07 Å². The summed E-state index contributed by atoms with van der Waals surface area (Å²) in [5, 5.41) is 15.2. The molecule has 1 heterocycles. The smallest absolute Gasteiger partial charge is 0.338 e. The summed E-state index contributed by atoms with van der Waals surface area (Å²) in [4.78, 5) is 20.3. The third-order valence-electron chi connectivity index (χ3n) is 3.57. The van der Waals surface area contributed by atoms with Gasteiger partial charge in [0.1, 0.15) is 5.82 Å². The first-order chi connectivity index (χ1) is 13.2. The summed E-state index contributed by atoms with van der Waals surface area (Å²) in [6, 6.07) is 17.8. The van der Waals surface area contributed by atoms with Crippen LogP contribution in [0.25, 0.3) is 0 Å². The average molecular weight is 359 g/mol. The number of carbonyl (C=O) groups is 1. The van der Waals surface area contributed by atoms with Gasteiger partial charge in [-0.05, 0) is 55.5 Å². The second-order valence-electron chi connectivity index (χ2n) is 5.51. The topological polar surface area (TPSA) is 99.9 Å². The molecule has 0 atom stereocenters. The second-order valence-corrected chi connectivity index (χ2v) is 5.51. The van der Waals surface area contributed by atoms with Crippen LogP contribution >= 0.6 is 0 Å². The highest BCUT2D eigenvalue weighted by Crippen LogP contribution is 2.19. The Morgan fingerprint density at radius 3 is 2.67 bits per heavy atom. The van der Waals surface area contributed by atoms with Gasteiger partial charge in [-0.15, -0.1) is 0 Å². The molecule has 3 aromatic rings. The standard InChI is InChI=1S/C20H17N5O2/c1-2-27-19(26)15-6-8-16(9-7-15)23-18-10-11-22-20(25-18)24-17-5-3-4-14(12-17)13-21/h3-12H,2H2,1H3,(H2,22,23,24,25). The van der Waals surface area contributed by atoms with Crippen molar-refractivity contribution in [2.75, 3.05) is 17.2 Å². The zero-order chi connectivity index (χ0) is 19.1. The number of anilines is 4. The molecule has 0 bridgehead atoms. The largest absolute Gasteiger partial charge is 0.462 e. The van der Waals surface area contributed by atoms with Gasteiger partial charge in [0.15, 0.2) is 0 Å². The fraction of sp³-hybridized carbons (Fsp3) is 0.100. The predicted octanol–water partition coefficient (Wildman–Crippen LogP) is 4.01. The van der Waals surface area contributed by atoms with Gasteiger partial charge in [0.25, 0.3) is 0 Å². The van der Waals surface area contributed by atoms with Crippen molar-refractivity contribution < 1.29 is 9.53 Å². The van der Waals surface area contributed by atoms with Crippen molar-refractivity contribution in [3.63, 3.8) is 0 Å². The molecule has 0 radical (unpaired) electrons. The minimum Gasteiger partial charge on any atom is -0.462 e. The van der Waals surface area contributed by atoms with Crippen LogP contribution in [0.15, 0.2) is 60.8 Å². The summed E-state index contributed by atoms with van der Waals surface area (Å²) in [5.74, 6) is 0.642. The van der Waals surface area contributed by atoms with E-state index in [9.17, 15) is 4.79 Å². The Balaban J connectivity index is 1.70. The molecule has 134 valence electrons. The minimum atomic E-state index is -0.350. The number of hydrogen-bond acceptors (Lipinski definition) is 7. The van der Waals surface area contributed by atoms with Crippen LogP contribution in [0, 0.1) is 11.3 Å². The van der Waals surface area contributed by atoms with Gasteiger partial charge in [-0.25, -0.2) is 9.78 Å². The molecule has 7 nitrogen and oxygen atoms in total. The van der Waals surface area contributed by atoms with Gasteiger partial charge in [-0.2, -0.15) is 10.2 Å². The average Bonchev–Trinajstić information content (AvgIpc) is 2.69. The highest BCUT2D eigenvalue weighted by molar-refractivity contribution is 5.89. The number of hydrogen-bond donors (Lipinski definition) is 2. The molecule has 0 unspecified atom stereocenters. The first-order valence-electron chi connectivity index (χ1n) is 8.32. The number of nitriles is 1. The summed E-state index contributed by atoms with van der Waals surface area (Å²) < 4.78 is 4.97. The maximum atomic E-state index is 11.7. The molecule has 2 aromatic carbocycles. The summed E-state index contributed by atoms with van der Waals surface area (Å²) >= 11 is 0. The molecule has 0 aliphatic carbocycles. The van der Waals surface area contributed by atoms with Crippen molar-refractivity contribution in [1.82, 2.24) is 9.97 Å². The van der Waals surface area contributed by atoms with Gasteiger partial charge < -0.3 is 15.4 Å². The predicted molar refractivity (Wildman–Crippen MR) is 102 cm³/mol. The highest BCUT2D eigenvalue weighted by atomic mass is 16.5. The van der Waals surface area contributed by atoms with Crippen molar-refractivity contribution in [2.24, 2.45) is 0 Å². The Hall–Kier alpha value is -3.92. The lowest BCUT2D eigenvalue weighted by atomic mass is 10.2. The molecule has 0 aliphatic rings. The van der Waals surface area contributed by atoms with E-state index in [0.717, 1.165) is 11.4 Å². The molecule has 0 amide bonds. The van der Waals surface area contributed by atoms with E-state index in [4.69, 9.17) is 10.00 Å². The van der Waals surface area contributed by atoms with Gasteiger partial charge in [-0.3, -0.25) is 0 Å². The molecular formula is C20H17N5O2. The van der Waals surface area contributed by atoms with Crippen LogP contribution in [0.5, 0.6) is 0 Å². The van der Waals surface area contributed by atoms with Gasteiger partial charge in [0, 0.05) is 17.6 Å². The number of rotatable bonds is 6. The molecule has 7 heteroatoms. The quantitative estimate of drug-likeness (QED) is 0.641. The lowest BCUT2D eigenvalue weighted by Crippen LogP contribution is -2.04. The molecule has 27 heavy (non-hydrogen) atoms. The van der Waals surface area contributed by atoms with Crippen molar-refractivity contribution in [2.45, 2.75) is 6.92 Å². The van der Waals surface area contributed by atoms with Crippen molar-refractivity contribution in [1.29, 1.82) is 5.26 Å². The van der Waals surface area contributed by atoms with Crippen LogP contribution in [-0.2, 0) is 4.74 Å². The third kappa shape index (κ3) is 4.80. The van der Waals surface area contributed by atoms with E-state index in [2.05, 4.69) is 26.7 Å². The number of nitrogens with one attached hydrogen (secondary N) is 2. The van der Waals surface area contributed by atoms with Crippen molar-refractivity contribution >= 4 is 29.1 Å². The number of carbonyl (C=O) groups excluding carboxylic acids is 1. The number of ether oxygens (including phenoxy) is 1. The molecule has 0 saturated carbocycles. The van der Waals surface area contributed by atoms with Gasteiger partial charge in [0.2, 0.25) is 5.95 Å². The van der Waals surface area contributed by atoms with E-state index >= 15 is 0 Å². The zero-order valence-electron chi connectivity index (χ0n) is 14.6. The van der Waals surface area contributed by atoms with Crippen LogP contribution < -0.4 is 10.6 Å². The summed E-state index contributed by atoms with van der Waals surface area (Å²) in [5.41, 5.74) is 2.55. The van der Waals surface area contributed by atoms with Crippen LogP contribution in [0.1, 0.15) is 22.8 Å². The lowest BCUT2D eigenvalue weighted by Gasteiger charge is -2.09. The Morgan fingerprint density at radius 1 is 1.11 bits per heavy atom. The van der Waals surface area contributed by atoms with Crippen LogP contribution in [0.3, 0.4) is 0 Å². The lowest BCUT2D eigenvalue weighted by molar-refractivity contribution is 0.0526. The van der Waals surface area contributed by atoms with Crippen molar-refractivity contribution in [3.8, 4) is 6.07 Å². The maximum Gasteiger partial charge on any atom is 0.338 e. The molecule has 3 rings (SSSR count). The van der Waals surface area contributed by atoms with Crippen molar-refractivity contribution in [3.05, 3.63) is 71.9 Å². The van der Waals surface area contributed by atoms with Crippen LogP contribution in [-0.4, -0.2) is 22.5 Å². The fourth-order valence-corrected chi connectivity index (χ4v) is 2.34. The van der Waals surface area contributed by atoms with Crippen LogP contribution in [0.2, 0.25) is 0 Å². The minimum absolute atomic E-state index is 0.340. The fourth-order valence-electron chi connectivity index (χ4n) is 2.34. The van der Waals surface area contributed by atoms with E-state index in [1.54, 1.807) is 61.7 Å². The molecule has 0 spiro atoms.